The summed E-state index contributed by atoms with van der Waals surface area (Å²) in [5.41, 5.74) is 0.792. The summed E-state index contributed by atoms with van der Waals surface area (Å²) in [6, 6.07) is 14.9. The van der Waals surface area contributed by atoms with Crippen LogP contribution in [0.1, 0.15) is 5.56 Å². The molecule has 2 N–H and O–H groups in total. The molecule has 0 atom stereocenters. The highest BCUT2D eigenvalue weighted by molar-refractivity contribution is 7.92. The van der Waals surface area contributed by atoms with Crippen LogP contribution in [0.5, 0.6) is 5.75 Å². The zero-order valence-corrected chi connectivity index (χ0v) is 18.0. The van der Waals surface area contributed by atoms with Crippen molar-refractivity contribution in [2.45, 2.75) is 6.61 Å². The predicted molar refractivity (Wildman–Crippen MR) is 118 cm³/mol. The summed E-state index contributed by atoms with van der Waals surface area (Å²) in [5, 5.41) is 3.02. The number of amides is 2. The first kappa shape index (κ1) is 21.8. The Bertz CT molecular complexity index is 1320. The molecule has 2 amide bonds. The maximum Gasteiger partial charge on any atom is 0.326 e. The van der Waals surface area contributed by atoms with Gasteiger partial charge < -0.3 is 10.1 Å². The van der Waals surface area contributed by atoms with E-state index in [4.69, 9.17) is 16.3 Å². The normalized spacial score (nSPS) is 14.9. The summed E-state index contributed by atoms with van der Waals surface area (Å²) in [5.74, 6) is -2.40. The van der Waals surface area contributed by atoms with E-state index in [2.05, 4.69) is 5.32 Å². The number of halogens is 2. The number of benzene rings is 3. The van der Waals surface area contributed by atoms with Gasteiger partial charge >= 0.3 is 10.2 Å². The van der Waals surface area contributed by atoms with Crippen molar-refractivity contribution in [2.75, 3.05) is 22.0 Å². The summed E-state index contributed by atoms with van der Waals surface area (Å²) < 4.78 is 48.7. The van der Waals surface area contributed by atoms with E-state index in [1.54, 1.807) is 24.3 Å². The van der Waals surface area contributed by atoms with Crippen molar-refractivity contribution in [1.82, 2.24) is 4.72 Å². The lowest BCUT2D eigenvalue weighted by Crippen LogP contribution is -2.30. The third kappa shape index (κ3) is 4.32. The van der Waals surface area contributed by atoms with E-state index in [0.717, 1.165) is 5.56 Å². The topological polar surface area (TPSA) is 105 Å². The van der Waals surface area contributed by atoms with Gasteiger partial charge in [0.05, 0.1) is 0 Å². The Labute approximate surface area is 188 Å². The fourth-order valence-corrected chi connectivity index (χ4v) is 4.55. The molecule has 166 valence electrons. The van der Waals surface area contributed by atoms with Crippen molar-refractivity contribution in [3.8, 4) is 5.75 Å². The molecule has 0 aliphatic carbocycles. The van der Waals surface area contributed by atoms with Crippen molar-refractivity contribution < 1.29 is 27.1 Å². The number of nitrogens with zero attached hydrogens (tertiary/aromatic N) is 1. The molecule has 1 saturated heterocycles. The second-order valence-corrected chi connectivity index (χ2v) is 8.83. The molecule has 3 aromatic carbocycles. The number of nitrogens with one attached hydrogen (secondary N) is 2. The molecule has 4 rings (SSSR count). The molecule has 8 nitrogen and oxygen atoms in total. The first-order valence-electron chi connectivity index (χ1n) is 9.40. The lowest BCUT2D eigenvalue weighted by Gasteiger charge is -2.21. The van der Waals surface area contributed by atoms with Crippen LogP contribution in [-0.2, 0) is 26.4 Å². The molecule has 0 saturated carbocycles. The minimum atomic E-state index is -4.27. The maximum absolute atomic E-state index is 15.6. The molecule has 1 heterocycles. The lowest BCUT2D eigenvalue weighted by molar-refractivity contribution is -0.117. The van der Waals surface area contributed by atoms with E-state index in [9.17, 15) is 18.0 Å². The summed E-state index contributed by atoms with van der Waals surface area (Å²) >= 11 is 5.51. The monoisotopic (exact) mass is 477 g/mol. The van der Waals surface area contributed by atoms with Crippen molar-refractivity contribution in [3.63, 3.8) is 0 Å². The molecule has 3 aromatic rings. The molecule has 1 fully saturated rings. The number of carbonyl (C=O) groups excluding carboxylic acids is 2. The number of fused-ring (bicyclic) bond motifs is 1. The van der Waals surface area contributed by atoms with Gasteiger partial charge in [-0.05, 0) is 35.2 Å². The number of ether oxygens (including phenoxy) is 1. The Morgan fingerprint density at radius 1 is 1.19 bits per heavy atom. The summed E-state index contributed by atoms with van der Waals surface area (Å²) in [7, 11) is -4.27. The highest BCUT2D eigenvalue weighted by Gasteiger charge is 2.38. The van der Waals surface area contributed by atoms with Crippen LogP contribution in [0.4, 0.5) is 15.8 Å². The van der Waals surface area contributed by atoms with Crippen LogP contribution in [-0.4, -0.2) is 32.7 Å². The molecular formula is C21H17ClFN3O5S. The minimum absolute atomic E-state index is 0.0384. The molecule has 0 aromatic heterocycles. The molecule has 11 heteroatoms. The van der Waals surface area contributed by atoms with Gasteiger partial charge in [0.1, 0.15) is 30.5 Å². The van der Waals surface area contributed by atoms with Crippen molar-refractivity contribution in [3.05, 3.63) is 66.0 Å². The number of alkyl halides is 1. The van der Waals surface area contributed by atoms with Crippen molar-refractivity contribution in [2.24, 2.45) is 0 Å². The van der Waals surface area contributed by atoms with Gasteiger partial charge in [-0.25, -0.2) is 13.4 Å². The molecule has 1 aliphatic heterocycles. The highest BCUT2D eigenvalue weighted by Crippen LogP contribution is 2.40. The van der Waals surface area contributed by atoms with Crippen molar-refractivity contribution in [1.29, 1.82) is 0 Å². The van der Waals surface area contributed by atoms with Crippen LogP contribution in [0.15, 0.2) is 54.6 Å². The minimum Gasteiger partial charge on any atom is -0.487 e. The Morgan fingerprint density at radius 2 is 1.94 bits per heavy atom. The first-order valence-corrected chi connectivity index (χ1v) is 11.4. The van der Waals surface area contributed by atoms with E-state index in [0.29, 0.717) is 15.4 Å². The molecule has 0 bridgehead atoms. The van der Waals surface area contributed by atoms with E-state index in [1.165, 1.54) is 24.3 Å². The Kier molecular flexibility index (Phi) is 5.90. The summed E-state index contributed by atoms with van der Waals surface area (Å²) in [4.78, 5) is 23.3. The second kappa shape index (κ2) is 8.64. The smallest absolute Gasteiger partial charge is 0.326 e. The van der Waals surface area contributed by atoms with Gasteiger partial charge in [0.25, 0.3) is 5.91 Å². The summed E-state index contributed by atoms with van der Waals surface area (Å²) in [6.07, 6.45) is 0. The standard InChI is InChI=1S/C21H17ClFN3O5S/c22-10-18(27)24-15-6-7-16-14(8-15)9-17(31-12-13-4-2-1-3-5-13)21(20(16)23)26-11-19(28)25-32(26,29)30/h1-9H,10-12H2,(H,24,27)(H,25,28). The van der Waals surface area contributed by atoms with Gasteiger partial charge in [-0.15, -0.1) is 11.6 Å². The van der Waals surface area contributed by atoms with Gasteiger partial charge in [0.15, 0.2) is 5.82 Å². The van der Waals surface area contributed by atoms with Gasteiger partial charge in [-0.2, -0.15) is 8.42 Å². The molecule has 32 heavy (non-hydrogen) atoms. The van der Waals surface area contributed by atoms with Gasteiger partial charge in [0, 0.05) is 11.1 Å². The van der Waals surface area contributed by atoms with E-state index < -0.39 is 34.4 Å². The zero-order valence-electron chi connectivity index (χ0n) is 16.5. The van der Waals surface area contributed by atoms with Crippen LogP contribution < -0.4 is 19.1 Å². The van der Waals surface area contributed by atoms with Crippen LogP contribution >= 0.6 is 11.6 Å². The third-order valence-electron chi connectivity index (χ3n) is 4.73. The summed E-state index contributed by atoms with van der Waals surface area (Å²) in [6.45, 7) is -0.535. The Hall–Kier alpha value is -3.37. The van der Waals surface area contributed by atoms with E-state index >= 15 is 4.39 Å². The Morgan fingerprint density at radius 3 is 2.59 bits per heavy atom. The quantitative estimate of drug-likeness (QED) is 0.531. The molecule has 0 radical (unpaired) electrons. The third-order valence-corrected chi connectivity index (χ3v) is 6.35. The fourth-order valence-electron chi connectivity index (χ4n) is 3.32. The molecule has 0 unspecified atom stereocenters. The number of anilines is 2. The SMILES string of the molecule is O=C(CCl)Nc1ccc2c(F)c(N3CC(=O)NS3(=O)=O)c(OCc3ccccc3)cc2c1. The molecule has 0 spiro atoms. The Balaban J connectivity index is 1.83. The van der Waals surface area contributed by atoms with E-state index in [1.807, 2.05) is 10.8 Å². The highest BCUT2D eigenvalue weighted by atomic mass is 35.5. The van der Waals surface area contributed by atoms with Gasteiger partial charge in [-0.3, -0.25) is 9.59 Å². The van der Waals surface area contributed by atoms with Gasteiger partial charge in [0.2, 0.25) is 5.91 Å². The van der Waals surface area contributed by atoms with Crippen LogP contribution in [0.25, 0.3) is 10.8 Å². The fraction of sp³-hybridized carbons (Fsp3) is 0.143. The molecular weight excluding hydrogens is 461 g/mol. The van der Waals surface area contributed by atoms with Crippen LogP contribution in [0.3, 0.4) is 0 Å². The van der Waals surface area contributed by atoms with Crippen LogP contribution in [0, 0.1) is 5.82 Å². The number of hydrogen-bond acceptors (Lipinski definition) is 5. The maximum atomic E-state index is 15.6. The van der Waals surface area contributed by atoms with E-state index in [-0.39, 0.29) is 29.3 Å². The molecule has 1 aliphatic rings. The van der Waals surface area contributed by atoms with Crippen molar-refractivity contribution >= 4 is 55.8 Å². The average molecular weight is 478 g/mol. The average Bonchev–Trinajstić information content (AvgIpc) is 3.04. The number of carbonyl (C=O) groups is 2. The predicted octanol–water partition coefficient (Wildman–Crippen LogP) is 2.92. The first-order chi connectivity index (χ1) is 15.3. The largest absolute Gasteiger partial charge is 0.487 e. The number of rotatable bonds is 6. The zero-order chi connectivity index (χ0) is 22.9. The second-order valence-electron chi connectivity index (χ2n) is 6.97. The van der Waals surface area contributed by atoms with Crippen LogP contribution in [0.2, 0.25) is 0 Å². The number of hydrogen-bond donors (Lipinski definition) is 2. The lowest BCUT2D eigenvalue weighted by atomic mass is 10.1. The van der Waals surface area contributed by atoms with Gasteiger partial charge in [-0.1, -0.05) is 30.3 Å².